The van der Waals surface area contributed by atoms with E-state index in [1.54, 1.807) is 34.6 Å². The number of amides is 1. The van der Waals surface area contributed by atoms with Crippen molar-refractivity contribution in [3.8, 4) is 28.0 Å². The van der Waals surface area contributed by atoms with Crippen LogP contribution in [0.2, 0.25) is 0 Å². The third kappa shape index (κ3) is 2.81. The van der Waals surface area contributed by atoms with Gasteiger partial charge in [-0.15, -0.1) is 11.3 Å². The van der Waals surface area contributed by atoms with Crippen molar-refractivity contribution in [1.82, 2.24) is 34.0 Å². The maximum Gasteiger partial charge on any atom is 0.407 e. The van der Waals surface area contributed by atoms with Gasteiger partial charge in [0.15, 0.2) is 0 Å². The molecule has 1 N–H and O–H groups in total. The highest BCUT2D eigenvalue weighted by Gasteiger charge is 2.47. The molecule has 11 heteroatoms. The number of thiazole rings is 1. The Morgan fingerprint density at radius 1 is 1.37 bits per heavy atom. The Labute approximate surface area is 174 Å². The summed E-state index contributed by atoms with van der Waals surface area (Å²) in [4.78, 5) is 27.0. The van der Waals surface area contributed by atoms with Crippen LogP contribution in [0, 0.1) is 18.3 Å². The molecule has 0 radical (unpaired) electrons. The van der Waals surface area contributed by atoms with Gasteiger partial charge < -0.3 is 10.0 Å². The molecule has 0 aromatic carbocycles. The third-order valence-corrected chi connectivity index (χ3v) is 6.17. The van der Waals surface area contributed by atoms with Gasteiger partial charge in [-0.1, -0.05) is 0 Å². The van der Waals surface area contributed by atoms with Crippen molar-refractivity contribution in [2.45, 2.75) is 18.9 Å². The summed E-state index contributed by atoms with van der Waals surface area (Å²) >= 11 is 1.56. The van der Waals surface area contributed by atoms with Crippen LogP contribution in [-0.2, 0) is 5.54 Å². The fourth-order valence-corrected chi connectivity index (χ4v) is 4.45. The second-order valence-electron chi connectivity index (χ2n) is 7.24. The SMILES string of the molecule is Cc1ncc(-c2cc3nccn3c(-c3cnn(C4(CC#N)CN(C(=O)O)C4)c3)n2)s1. The minimum atomic E-state index is -0.995. The summed E-state index contributed by atoms with van der Waals surface area (Å²) < 4.78 is 3.57. The Morgan fingerprint density at radius 3 is 2.90 bits per heavy atom. The molecule has 1 amide bonds. The number of carbonyl (C=O) groups is 1. The second-order valence-corrected chi connectivity index (χ2v) is 8.47. The predicted octanol–water partition coefficient (Wildman–Crippen LogP) is 2.63. The van der Waals surface area contributed by atoms with E-state index in [0.29, 0.717) is 5.82 Å². The molecule has 0 aliphatic carbocycles. The van der Waals surface area contributed by atoms with Gasteiger partial charge in [-0.2, -0.15) is 10.4 Å². The van der Waals surface area contributed by atoms with E-state index in [-0.39, 0.29) is 19.5 Å². The molecule has 1 aliphatic rings. The summed E-state index contributed by atoms with van der Waals surface area (Å²) in [5.41, 5.74) is 1.62. The molecule has 0 atom stereocenters. The number of hydrogen-bond donors (Lipinski definition) is 1. The standard InChI is InChI=1S/C19H16N8O2S/c1-12-22-8-15(30-12)14-6-16-21-4-5-26(16)17(24-14)13-7-23-27(9-13)19(2-3-20)10-25(11-19)18(28)29/h4-9H,2,10-11H2,1H3,(H,28,29). The minimum Gasteiger partial charge on any atom is -0.465 e. The van der Waals surface area contributed by atoms with Gasteiger partial charge in [-0.25, -0.2) is 19.7 Å². The van der Waals surface area contributed by atoms with Crippen LogP contribution in [-0.4, -0.2) is 58.3 Å². The Morgan fingerprint density at radius 2 is 2.20 bits per heavy atom. The van der Waals surface area contributed by atoms with Crippen LogP contribution in [0.25, 0.3) is 27.6 Å². The summed E-state index contributed by atoms with van der Waals surface area (Å²) in [6, 6.07) is 4.07. The molecular weight excluding hydrogens is 404 g/mol. The average Bonchev–Trinajstić information content (AvgIpc) is 3.43. The van der Waals surface area contributed by atoms with E-state index >= 15 is 0 Å². The van der Waals surface area contributed by atoms with E-state index in [2.05, 4.69) is 21.1 Å². The molecule has 4 aromatic heterocycles. The molecular formula is C19H16N8O2S. The van der Waals surface area contributed by atoms with E-state index in [0.717, 1.165) is 26.8 Å². The Balaban J connectivity index is 1.57. The maximum absolute atomic E-state index is 11.2. The first kappa shape index (κ1) is 18.3. The van der Waals surface area contributed by atoms with Gasteiger partial charge in [-0.05, 0) is 6.92 Å². The van der Waals surface area contributed by atoms with Crippen molar-refractivity contribution >= 4 is 23.1 Å². The quantitative estimate of drug-likeness (QED) is 0.538. The van der Waals surface area contributed by atoms with E-state index in [1.807, 2.05) is 29.8 Å². The zero-order chi connectivity index (χ0) is 20.9. The highest BCUT2D eigenvalue weighted by molar-refractivity contribution is 7.15. The van der Waals surface area contributed by atoms with Gasteiger partial charge in [0.2, 0.25) is 0 Å². The van der Waals surface area contributed by atoms with Crippen molar-refractivity contribution < 1.29 is 9.90 Å². The molecule has 5 heterocycles. The number of hydrogen-bond acceptors (Lipinski definition) is 7. The summed E-state index contributed by atoms with van der Waals surface area (Å²) in [7, 11) is 0. The fourth-order valence-electron chi connectivity index (χ4n) is 3.72. The zero-order valence-electron chi connectivity index (χ0n) is 15.9. The van der Waals surface area contributed by atoms with Gasteiger partial charge in [0.25, 0.3) is 0 Å². The molecule has 0 bridgehead atoms. The van der Waals surface area contributed by atoms with Gasteiger partial charge in [0, 0.05) is 30.9 Å². The smallest absolute Gasteiger partial charge is 0.407 e. The van der Waals surface area contributed by atoms with Crippen LogP contribution in [0.3, 0.4) is 0 Å². The first-order chi connectivity index (χ1) is 14.5. The fraction of sp³-hybridized carbons (Fsp3) is 0.263. The van der Waals surface area contributed by atoms with E-state index in [9.17, 15) is 15.2 Å². The number of carboxylic acid groups (broad SMARTS) is 1. The van der Waals surface area contributed by atoms with Crippen LogP contribution in [0.1, 0.15) is 11.4 Å². The monoisotopic (exact) mass is 420 g/mol. The summed E-state index contributed by atoms with van der Waals surface area (Å²) in [6.45, 7) is 2.40. The highest BCUT2D eigenvalue weighted by atomic mass is 32.1. The number of rotatable bonds is 4. The first-order valence-corrected chi connectivity index (χ1v) is 9.98. The van der Waals surface area contributed by atoms with Gasteiger partial charge >= 0.3 is 6.09 Å². The van der Waals surface area contributed by atoms with Crippen molar-refractivity contribution in [1.29, 1.82) is 5.26 Å². The largest absolute Gasteiger partial charge is 0.465 e. The average molecular weight is 420 g/mol. The van der Waals surface area contributed by atoms with Gasteiger partial charge in [-0.3, -0.25) is 9.08 Å². The second kappa shape index (κ2) is 6.64. The molecule has 1 aliphatic heterocycles. The predicted molar refractivity (Wildman–Crippen MR) is 108 cm³/mol. The maximum atomic E-state index is 11.2. The number of imidazole rings is 1. The summed E-state index contributed by atoms with van der Waals surface area (Å²) in [5.74, 6) is 0.666. The summed E-state index contributed by atoms with van der Waals surface area (Å²) in [5, 5.41) is 23.9. The normalized spacial score (nSPS) is 15.1. The third-order valence-electron chi connectivity index (χ3n) is 5.24. The molecule has 0 spiro atoms. The lowest BCUT2D eigenvalue weighted by atomic mass is 9.87. The van der Waals surface area contributed by atoms with Crippen molar-refractivity contribution in [3.63, 3.8) is 0 Å². The molecule has 10 nitrogen and oxygen atoms in total. The lowest BCUT2D eigenvalue weighted by Crippen LogP contribution is -2.64. The lowest BCUT2D eigenvalue weighted by Gasteiger charge is -2.47. The number of likely N-dealkylation sites (tertiary alicyclic amines) is 1. The van der Waals surface area contributed by atoms with Crippen LogP contribution in [0.5, 0.6) is 0 Å². The van der Waals surface area contributed by atoms with E-state index < -0.39 is 11.6 Å². The van der Waals surface area contributed by atoms with Crippen LogP contribution in [0.15, 0.2) is 37.1 Å². The molecule has 0 unspecified atom stereocenters. The Bertz CT molecular complexity index is 1310. The number of fused-ring (bicyclic) bond motifs is 1. The van der Waals surface area contributed by atoms with E-state index in [1.165, 1.54) is 4.90 Å². The molecule has 1 fully saturated rings. The van der Waals surface area contributed by atoms with Crippen LogP contribution < -0.4 is 0 Å². The molecule has 5 rings (SSSR count). The molecule has 1 saturated heterocycles. The topological polar surface area (TPSA) is 125 Å². The molecule has 150 valence electrons. The van der Waals surface area contributed by atoms with Crippen LogP contribution in [0.4, 0.5) is 4.79 Å². The van der Waals surface area contributed by atoms with Crippen LogP contribution >= 0.6 is 11.3 Å². The highest BCUT2D eigenvalue weighted by Crippen LogP contribution is 2.34. The van der Waals surface area contributed by atoms with Gasteiger partial charge in [0.05, 0.1) is 52.9 Å². The Hall–Kier alpha value is -3.78. The number of nitriles is 1. The number of nitrogens with zero attached hydrogens (tertiary/aromatic N) is 8. The first-order valence-electron chi connectivity index (χ1n) is 9.16. The summed E-state index contributed by atoms with van der Waals surface area (Å²) in [6.07, 6.45) is 8.02. The zero-order valence-corrected chi connectivity index (χ0v) is 16.7. The lowest BCUT2D eigenvalue weighted by molar-refractivity contribution is 0.0139. The van der Waals surface area contributed by atoms with Crippen molar-refractivity contribution in [2.24, 2.45) is 0 Å². The Kier molecular flexibility index (Phi) is 4.04. The molecule has 4 aromatic rings. The minimum absolute atomic E-state index is 0.173. The van der Waals surface area contributed by atoms with Gasteiger partial charge in [0.1, 0.15) is 17.0 Å². The van der Waals surface area contributed by atoms with Crippen molar-refractivity contribution in [3.05, 3.63) is 42.1 Å². The molecule has 0 saturated carbocycles. The van der Waals surface area contributed by atoms with E-state index in [4.69, 9.17) is 4.98 Å². The molecule has 30 heavy (non-hydrogen) atoms. The number of aryl methyl sites for hydroxylation is 1. The number of aromatic nitrogens is 6. The van der Waals surface area contributed by atoms with Crippen molar-refractivity contribution in [2.75, 3.05) is 13.1 Å².